The topological polar surface area (TPSA) is 72.6 Å². The zero-order chi connectivity index (χ0) is 14.5. The molecule has 0 bridgehead atoms. The molecular formula is C15H18N2O3. The molecule has 1 aliphatic carbocycles. The third-order valence-corrected chi connectivity index (χ3v) is 3.76. The highest BCUT2D eigenvalue weighted by molar-refractivity contribution is 5.76. The van der Waals surface area contributed by atoms with E-state index in [4.69, 9.17) is 0 Å². The monoisotopic (exact) mass is 274 g/mol. The minimum atomic E-state index is -0.409. The van der Waals surface area contributed by atoms with Gasteiger partial charge in [0.2, 0.25) is 0 Å². The van der Waals surface area contributed by atoms with E-state index in [1.165, 1.54) is 11.6 Å². The predicted octanol–water partition coefficient (Wildman–Crippen LogP) is 4.47. The first kappa shape index (κ1) is 14.4. The lowest BCUT2D eigenvalue weighted by molar-refractivity contribution is -0.384. The Balaban J connectivity index is 2.41. The Morgan fingerprint density at radius 2 is 2.25 bits per heavy atom. The minimum Gasteiger partial charge on any atom is -0.258 e. The SMILES string of the molecule is CCCCC1=C(c2cccc([N+](=O)[O-])c2)C(N=O)CC1. The smallest absolute Gasteiger partial charge is 0.258 e. The van der Waals surface area contributed by atoms with E-state index in [9.17, 15) is 15.0 Å². The molecular weight excluding hydrogens is 256 g/mol. The molecule has 5 nitrogen and oxygen atoms in total. The quantitative estimate of drug-likeness (QED) is 0.436. The van der Waals surface area contributed by atoms with E-state index in [0.717, 1.165) is 43.2 Å². The largest absolute Gasteiger partial charge is 0.270 e. The number of hydrogen-bond acceptors (Lipinski definition) is 4. The molecule has 1 aliphatic rings. The molecule has 1 atom stereocenters. The number of benzene rings is 1. The van der Waals surface area contributed by atoms with E-state index >= 15 is 0 Å². The summed E-state index contributed by atoms with van der Waals surface area (Å²) in [6.45, 7) is 2.12. The summed E-state index contributed by atoms with van der Waals surface area (Å²) >= 11 is 0. The van der Waals surface area contributed by atoms with E-state index in [1.54, 1.807) is 12.1 Å². The number of nitro benzene ring substituents is 1. The van der Waals surface area contributed by atoms with Crippen molar-refractivity contribution in [1.82, 2.24) is 0 Å². The maximum absolute atomic E-state index is 11.0. The van der Waals surface area contributed by atoms with Crippen molar-refractivity contribution in [2.75, 3.05) is 0 Å². The molecule has 1 aromatic rings. The van der Waals surface area contributed by atoms with Crippen molar-refractivity contribution in [3.63, 3.8) is 0 Å². The first-order chi connectivity index (χ1) is 9.67. The van der Waals surface area contributed by atoms with Crippen LogP contribution in [0, 0.1) is 15.0 Å². The standard InChI is InChI=1S/C15H18N2O3/c1-2-3-5-11-8-9-14(16-18)15(11)12-6-4-7-13(10-12)17(19)20/h4,6-7,10,14H,2-3,5,8-9H2,1H3. The van der Waals surface area contributed by atoms with Crippen LogP contribution in [-0.4, -0.2) is 11.0 Å². The van der Waals surface area contributed by atoms with Crippen LogP contribution in [0.5, 0.6) is 0 Å². The average Bonchev–Trinajstić information content (AvgIpc) is 2.88. The average molecular weight is 274 g/mol. The highest BCUT2D eigenvalue weighted by Gasteiger charge is 2.27. The molecule has 0 fully saturated rings. The summed E-state index contributed by atoms with van der Waals surface area (Å²) in [7, 11) is 0. The third-order valence-electron chi connectivity index (χ3n) is 3.76. The zero-order valence-electron chi connectivity index (χ0n) is 11.5. The fourth-order valence-corrected chi connectivity index (χ4v) is 2.76. The molecule has 0 N–H and O–H groups in total. The lowest BCUT2D eigenvalue weighted by Crippen LogP contribution is -2.02. The van der Waals surface area contributed by atoms with Gasteiger partial charge in [0.1, 0.15) is 6.04 Å². The Hall–Kier alpha value is -2.04. The maximum Gasteiger partial charge on any atom is 0.270 e. The van der Waals surface area contributed by atoms with Gasteiger partial charge in [0, 0.05) is 12.1 Å². The van der Waals surface area contributed by atoms with Crippen molar-refractivity contribution in [3.05, 3.63) is 50.4 Å². The number of nitro groups is 1. The van der Waals surface area contributed by atoms with Gasteiger partial charge in [-0.05, 0) is 36.8 Å². The van der Waals surface area contributed by atoms with Gasteiger partial charge in [-0.2, -0.15) is 4.91 Å². The Morgan fingerprint density at radius 1 is 1.45 bits per heavy atom. The molecule has 5 heteroatoms. The summed E-state index contributed by atoms with van der Waals surface area (Å²) in [5, 5.41) is 14.1. The van der Waals surface area contributed by atoms with Gasteiger partial charge in [-0.1, -0.05) is 36.2 Å². The van der Waals surface area contributed by atoms with Crippen LogP contribution in [0.2, 0.25) is 0 Å². The second kappa shape index (κ2) is 6.41. The molecule has 2 rings (SSSR count). The molecule has 0 aliphatic heterocycles. The van der Waals surface area contributed by atoms with Gasteiger partial charge in [-0.25, -0.2) is 0 Å². The summed E-state index contributed by atoms with van der Waals surface area (Å²) in [5.74, 6) is 0. The van der Waals surface area contributed by atoms with E-state index in [1.807, 2.05) is 6.07 Å². The summed E-state index contributed by atoms with van der Waals surface area (Å²) in [4.78, 5) is 21.5. The molecule has 0 heterocycles. The number of rotatable bonds is 6. The van der Waals surface area contributed by atoms with E-state index in [-0.39, 0.29) is 11.7 Å². The molecule has 106 valence electrons. The summed E-state index contributed by atoms with van der Waals surface area (Å²) in [5.41, 5.74) is 2.97. The highest BCUT2D eigenvalue weighted by atomic mass is 16.6. The number of nitroso groups, excluding NO2 is 1. The van der Waals surface area contributed by atoms with E-state index < -0.39 is 4.92 Å². The van der Waals surface area contributed by atoms with E-state index in [2.05, 4.69) is 12.1 Å². The first-order valence-electron chi connectivity index (χ1n) is 6.96. The zero-order valence-corrected chi connectivity index (χ0v) is 11.5. The maximum atomic E-state index is 11.0. The summed E-state index contributed by atoms with van der Waals surface area (Å²) < 4.78 is 0. The number of nitrogens with zero attached hydrogens (tertiary/aromatic N) is 2. The second-order valence-electron chi connectivity index (χ2n) is 5.09. The first-order valence-corrected chi connectivity index (χ1v) is 6.96. The second-order valence-corrected chi connectivity index (χ2v) is 5.09. The van der Waals surface area contributed by atoms with Gasteiger partial charge >= 0.3 is 0 Å². The van der Waals surface area contributed by atoms with Crippen molar-refractivity contribution < 1.29 is 4.92 Å². The Bertz CT molecular complexity index is 552. The Labute approximate surface area is 117 Å². The molecule has 0 spiro atoms. The van der Waals surface area contributed by atoms with Gasteiger partial charge in [0.05, 0.1) is 4.92 Å². The summed E-state index contributed by atoms with van der Waals surface area (Å²) in [6.07, 6.45) is 4.69. The van der Waals surface area contributed by atoms with Crippen molar-refractivity contribution >= 4 is 11.3 Å². The lowest BCUT2D eigenvalue weighted by Gasteiger charge is -2.10. The molecule has 0 amide bonds. The lowest BCUT2D eigenvalue weighted by atomic mass is 9.96. The number of hydrogen-bond donors (Lipinski definition) is 0. The van der Waals surface area contributed by atoms with Crippen molar-refractivity contribution in [2.45, 2.75) is 45.1 Å². The molecule has 0 aromatic heterocycles. The predicted molar refractivity (Wildman–Crippen MR) is 78.4 cm³/mol. The number of unbranched alkanes of at least 4 members (excludes halogenated alkanes) is 1. The fraction of sp³-hybridized carbons (Fsp3) is 0.467. The van der Waals surface area contributed by atoms with Gasteiger partial charge < -0.3 is 0 Å². The van der Waals surface area contributed by atoms with E-state index in [0.29, 0.717) is 0 Å². The van der Waals surface area contributed by atoms with Crippen molar-refractivity contribution in [3.8, 4) is 0 Å². The summed E-state index contributed by atoms with van der Waals surface area (Å²) in [6, 6.07) is 6.15. The molecule has 1 unspecified atom stereocenters. The van der Waals surface area contributed by atoms with Crippen LogP contribution >= 0.6 is 0 Å². The van der Waals surface area contributed by atoms with Gasteiger partial charge in [-0.15, -0.1) is 0 Å². The number of allylic oxidation sites excluding steroid dienone is 1. The molecule has 0 saturated carbocycles. The van der Waals surface area contributed by atoms with Crippen LogP contribution in [0.1, 0.15) is 44.6 Å². The van der Waals surface area contributed by atoms with Crippen LogP contribution in [0.15, 0.2) is 35.0 Å². The fourth-order valence-electron chi connectivity index (χ4n) is 2.76. The van der Waals surface area contributed by atoms with Crippen molar-refractivity contribution in [1.29, 1.82) is 0 Å². The molecule has 20 heavy (non-hydrogen) atoms. The van der Waals surface area contributed by atoms with Crippen LogP contribution in [0.4, 0.5) is 5.69 Å². The third kappa shape index (κ3) is 2.92. The number of non-ortho nitro benzene ring substituents is 1. The van der Waals surface area contributed by atoms with Gasteiger partial charge in [-0.3, -0.25) is 10.1 Å². The van der Waals surface area contributed by atoms with Crippen molar-refractivity contribution in [2.24, 2.45) is 5.18 Å². The van der Waals surface area contributed by atoms with Crippen LogP contribution in [-0.2, 0) is 0 Å². The normalized spacial score (nSPS) is 18.4. The molecule has 1 aromatic carbocycles. The minimum absolute atomic E-state index is 0.0568. The Kier molecular flexibility index (Phi) is 4.61. The Morgan fingerprint density at radius 3 is 2.90 bits per heavy atom. The van der Waals surface area contributed by atoms with Gasteiger partial charge in [0.25, 0.3) is 5.69 Å². The van der Waals surface area contributed by atoms with Crippen LogP contribution in [0.3, 0.4) is 0 Å². The van der Waals surface area contributed by atoms with Crippen LogP contribution < -0.4 is 0 Å². The molecule has 0 saturated heterocycles. The highest BCUT2D eigenvalue weighted by Crippen LogP contribution is 2.39. The van der Waals surface area contributed by atoms with Crippen LogP contribution in [0.25, 0.3) is 5.57 Å². The molecule has 0 radical (unpaired) electrons. The van der Waals surface area contributed by atoms with Gasteiger partial charge in [0.15, 0.2) is 0 Å².